The van der Waals surface area contributed by atoms with E-state index in [2.05, 4.69) is 17.3 Å². The Hall–Kier alpha value is -1.52. The third kappa shape index (κ3) is 2.53. The maximum atomic E-state index is 12.0. The molecule has 0 bridgehead atoms. The summed E-state index contributed by atoms with van der Waals surface area (Å²) in [5.41, 5.74) is -1.70. The molecule has 0 spiro atoms. The van der Waals surface area contributed by atoms with Crippen LogP contribution in [0.5, 0.6) is 0 Å². The largest absolute Gasteiger partial charge is 0.381 e. The molecule has 86 valence electrons. The Kier molecular flexibility index (Phi) is 3.57. The summed E-state index contributed by atoms with van der Waals surface area (Å²) in [5, 5.41) is 11.9. The Balaban J connectivity index is 2.79. The van der Waals surface area contributed by atoms with Gasteiger partial charge in [-0.15, -0.1) is 6.42 Å². The predicted octanol–water partition coefficient (Wildman–Crippen LogP) is 0.835. The zero-order chi connectivity index (χ0) is 12.2. The first-order valence-corrected chi connectivity index (χ1v) is 5.25. The highest BCUT2D eigenvalue weighted by Gasteiger charge is 2.41. The Bertz CT molecular complexity index is 354. The molecular weight excluding hydrogens is 204 g/mol. The van der Waals surface area contributed by atoms with Crippen LogP contribution in [0.4, 0.5) is 0 Å². The first-order valence-electron chi connectivity index (χ1n) is 5.25. The van der Waals surface area contributed by atoms with Crippen LogP contribution < -0.4 is 5.32 Å². The summed E-state index contributed by atoms with van der Waals surface area (Å²) in [6, 6.07) is 2.10. The maximum Gasteiger partial charge on any atom is 0.241 e. The fraction of sp³-hybridized carbons (Fsp3) is 0.667. The molecular formula is C12H16N2O2. The monoisotopic (exact) mass is 220 g/mol. The van der Waals surface area contributed by atoms with Crippen LogP contribution in [0.15, 0.2) is 0 Å². The van der Waals surface area contributed by atoms with Crippen LogP contribution in [-0.4, -0.2) is 24.7 Å². The van der Waals surface area contributed by atoms with Gasteiger partial charge in [-0.25, -0.2) is 0 Å². The van der Waals surface area contributed by atoms with Gasteiger partial charge in [-0.2, -0.15) is 5.26 Å². The van der Waals surface area contributed by atoms with Crippen LogP contribution in [0.2, 0.25) is 0 Å². The molecule has 16 heavy (non-hydrogen) atoms. The van der Waals surface area contributed by atoms with E-state index in [1.165, 1.54) is 0 Å². The van der Waals surface area contributed by atoms with Gasteiger partial charge in [0, 0.05) is 13.2 Å². The van der Waals surface area contributed by atoms with Gasteiger partial charge in [0.25, 0.3) is 0 Å². The molecule has 0 aliphatic carbocycles. The lowest BCUT2D eigenvalue weighted by atomic mass is 9.80. The average Bonchev–Trinajstić information content (AvgIpc) is 2.29. The van der Waals surface area contributed by atoms with E-state index in [-0.39, 0.29) is 5.91 Å². The molecule has 0 atom stereocenters. The van der Waals surface area contributed by atoms with Crippen molar-refractivity contribution in [2.24, 2.45) is 5.41 Å². The number of hydrogen-bond donors (Lipinski definition) is 1. The maximum absolute atomic E-state index is 12.0. The SMILES string of the molecule is C#CC(C)(C)NC(=O)C1(C#N)CCOCC1. The number of nitrogens with one attached hydrogen (secondary N) is 1. The minimum atomic E-state index is -0.980. The normalized spacial score (nSPS) is 19.2. The summed E-state index contributed by atoms with van der Waals surface area (Å²) in [5.74, 6) is 2.19. The molecule has 1 rings (SSSR count). The van der Waals surface area contributed by atoms with Crippen LogP contribution in [0.3, 0.4) is 0 Å². The van der Waals surface area contributed by atoms with Crippen molar-refractivity contribution in [3.63, 3.8) is 0 Å². The molecule has 1 N–H and O–H groups in total. The van der Waals surface area contributed by atoms with Crippen LogP contribution in [0, 0.1) is 29.1 Å². The fourth-order valence-electron chi connectivity index (χ4n) is 1.55. The molecule has 1 heterocycles. The molecule has 4 heteroatoms. The van der Waals surface area contributed by atoms with Crippen molar-refractivity contribution >= 4 is 5.91 Å². The third-order valence-electron chi connectivity index (χ3n) is 2.78. The van der Waals surface area contributed by atoms with Crippen LogP contribution in [0.1, 0.15) is 26.7 Å². The molecule has 1 aliphatic rings. The summed E-state index contributed by atoms with van der Waals surface area (Å²) >= 11 is 0. The van der Waals surface area contributed by atoms with Gasteiger partial charge in [0.15, 0.2) is 0 Å². The Morgan fingerprint density at radius 3 is 2.50 bits per heavy atom. The molecule has 0 unspecified atom stereocenters. The first kappa shape index (κ1) is 12.5. The van der Waals surface area contributed by atoms with Gasteiger partial charge in [-0.05, 0) is 26.7 Å². The lowest BCUT2D eigenvalue weighted by Gasteiger charge is -2.32. The lowest BCUT2D eigenvalue weighted by Crippen LogP contribution is -2.51. The molecule has 0 radical (unpaired) electrons. The highest BCUT2D eigenvalue weighted by atomic mass is 16.5. The number of carbonyl (C=O) groups is 1. The van der Waals surface area contributed by atoms with Crippen molar-refractivity contribution in [1.82, 2.24) is 5.32 Å². The molecule has 0 aromatic rings. The molecule has 1 amide bonds. The second-order valence-corrected chi connectivity index (χ2v) is 4.53. The molecule has 0 aromatic carbocycles. The average molecular weight is 220 g/mol. The van der Waals surface area contributed by atoms with E-state index < -0.39 is 11.0 Å². The number of rotatable bonds is 2. The number of nitrogens with zero attached hydrogens (tertiary/aromatic N) is 1. The van der Waals surface area contributed by atoms with Gasteiger partial charge < -0.3 is 10.1 Å². The summed E-state index contributed by atoms with van der Waals surface area (Å²) in [4.78, 5) is 12.0. The van der Waals surface area contributed by atoms with Crippen LogP contribution >= 0.6 is 0 Å². The Morgan fingerprint density at radius 2 is 2.06 bits per heavy atom. The number of carbonyl (C=O) groups excluding carboxylic acids is 1. The van der Waals surface area contributed by atoms with Gasteiger partial charge in [0.1, 0.15) is 5.41 Å². The smallest absolute Gasteiger partial charge is 0.241 e. The molecule has 0 saturated carbocycles. The van der Waals surface area contributed by atoms with Crippen molar-refractivity contribution in [2.45, 2.75) is 32.2 Å². The summed E-state index contributed by atoms with van der Waals surface area (Å²) < 4.78 is 5.16. The summed E-state index contributed by atoms with van der Waals surface area (Å²) in [7, 11) is 0. The van der Waals surface area contributed by atoms with E-state index in [1.807, 2.05) is 0 Å². The van der Waals surface area contributed by atoms with Crippen molar-refractivity contribution in [3.8, 4) is 18.4 Å². The van der Waals surface area contributed by atoms with Crippen molar-refractivity contribution < 1.29 is 9.53 Å². The van der Waals surface area contributed by atoms with E-state index >= 15 is 0 Å². The molecule has 1 saturated heterocycles. The van der Waals surface area contributed by atoms with Gasteiger partial charge in [0.2, 0.25) is 5.91 Å². The van der Waals surface area contributed by atoms with Gasteiger partial charge in [-0.1, -0.05) is 5.92 Å². The minimum absolute atomic E-state index is 0.291. The number of nitriles is 1. The molecule has 4 nitrogen and oxygen atoms in total. The van der Waals surface area contributed by atoms with Gasteiger partial charge in [0.05, 0.1) is 11.6 Å². The standard InChI is InChI=1S/C12H16N2O2/c1-4-11(2,3)14-10(15)12(9-13)5-7-16-8-6-12/h1H,5-8H2,2-3H3,(H,14,15). The third-order valence-corrected chi connectivity index (χ3v) is 2.78. The Labute approximate surface area is 96.0 Å². The molecule has 1 aliphatic heterocycles. The summed E-state index contributed by atoms with van der Waals surface area (Å²) in [6.45, 7) is 4.35. The van der Waals surface area contributed by atoms with Crippen molar-refractivity contribution in [2.75, 3.05) is 13.2 Å². The molecule has 0 aromatic heterocycles. The van der Waals surface area contributed by atoms with E-state index in [1.54, 1.807) is 13.8 Å². The number of hydrogen-bond acceptors (Lipinski definition) is 3. The van der Waals surface area contributed by atoms with E-state index in [0.717, 1.165) is 0 Å². The quantitative estimate of drug-likeness (QED) is 0.701. The van der Waals surface area contributed by atoms with E-state index in [4.69, 9.17) is 16.4 Å². The predicted molar refractivity (Wildman–Crippen MR) is 59.2 cm³/mol. The van der Waals surface area contributed by atoms with Crippen LogP contribution in [0.25, 0.3) is 0 Å². The van der Waals surface area contributed by atoms with Crippen molar-refractivity contribution in [3.05, 3.63) is 0 Å². The zero-order valence-corrected chi connectivity index (χ0v) is 9.67. The minimum Gasteiger partial charge on any atom is -0.381 e. The topological polar surface area (TPSA) is 62.1 Å². The highest BCUT2D eigenvalue weighted by Crippen LogP contribution is 2.30. The second kappa shape index (κ2) is 4.55. The van der Waals surface area contributed by atoms with Crippen LogP contribution in [-0.2, 0) is 9.53 Å². The van der Waals surface area contributed by atoms with Gasteiger partial charge >= 0.3 is 0 Å². The first-order chi connectivity index (χ1) is 7.46. The molecule has 1 fully saturated rings. The van der Waals surface area contributed by atoms with E-state index in [0.29, 0.717) is 26.1 Å². The zero-order valence-electron chi connectivity index (χ0n) is 9.67. The fourth-order valence-corrected chi connectivity index (χ4v) is 1.55. The van der Waals surface area contributed by atoms with E-state index in [9.17, 15) is 4.79 Å². The van der Waals surface area contributed by atoms with Gasteiger partial charge in [-0.3, -0.25) is 4.79 Å². The summed E-state index contributed by atoms with van der Waals surface area (Å²) in [6.07, 6.45) is 6.15. The van der Waals surface area contributed by atoms with Crippen molar-refractivity contribution in [1.29, 1.82) is 5.26 Å². The number of terminal acetylenes is 1. The second-order valence-electron chi connectivity index (χ2n) is 4.53. The lowest BCUT2D eigenvalue weighted by molar-refractivity contribution is -0.133. The Morgan fingerprint density at radius 1 is 1.50 bits per heavy atom. The number of ether oxygens (including phenoxy) is 1. The number of amides is 1. The highest BCUT2D eigenvalue weighted by molar-refractivity contribution is 5.86.